The minimum atomic E-state index is -0.301. The number of para-hydroxylation sites is 1. The largest absolute Gasteiger partial charge is 0.465 e. The molecule has 3 nitrogen and oxygen atoms in total. The summed E-state index contributed by atoms with van der Waals surface area (Å²) < 4.78 is 7.01. The summed E-state index contributed by atoms with van der Waals surface area (Å²) in [4.78, 5) is 12.0. The van der Waals surface area contributed by atoms with Gasteiger partial charge in [-0.25, -0.2) is 4.79 Å². The third kappa shape index (κ3) is 2.31. The number of hydrogen-bond acceptors (Lipinski definition) is 2. The van der Waals surface area contributed by atoms with Gasteiger partial charge in [0.05, 0.1) is 18.7 Å². The first-order chi connectivity index (χ1) is 10.2. The Bertz CT molecular complexity index is 774. The van der Waals surface area contributed by atoms with Crippen LogP contribution in [0, 0.1) is 0 Å². The van der Waals surface area contributed by atoms with Crippen LogP contribution >= 0.6 is 0 Å². The third-order valence-corrected chi connectivity index (χ3v) is 3.85. The normalized spacial score (nSPS) is 12.3. The molecule has 3 rings (SSSR count). The van der Waals surface area contributed by atoms with Crippen LogP contribution in [0.2, 0.25) is 0 Å². The van der Waals surface area contributed by atoms with Crippen LogP contribution in [0.3, 0.4) is 0 Å². The van der Waals surface area contributed by atoms with Crippen molar-refractivity contribution in [1.82, 2.24) is 4.57 Å². The third-order valence-electron chi connectivity index (χ3n) is 3.85. The molecule has 0 amide bonds. The molecule has 0 spiro atoms. The molecule has 0 N–H and O–H groups in total. The quantitative estimate of drug-likeness (QED) is 0.678. The van der Waals surface area contributed by atoms with Gasteiger partial charge in [-0.1, -0.05) is 48.5 Å². The van der Waals surface area contributed by atoms with E-state index in [0.717, 1.165) is 10.9 Å². The molecule has 2 aromatic carbocycles. The van der Waals surface area contributed by atoms with E-state index in [9.17, 15) is 4.79 Å². The minimum Gasteiger partial charge on any atom is -0.465 e. The fraction of sp³-hybridized carbons (Fsp3) is 0.167. The van der Waals surface area contributed by atoms with Gasteiger partial charge in [-0.2, -0.15) is 0 Å². The van der Waals surface area contributed by atoms with Crippen LogP contribution in [-0.4, -0.2) is 17.6 Å². The summed E-state index contributed by atoms with van der Waals surface area (Å²) in [6, 6.07) is 18.3. The number of fused-ring (bicyclic) bond motifs is 1. The lowest BCUT2D eigenvalue weighted by molar-refractivity contribution is 0.0602. The van der Waals surface area contributed by atoms with Crippen molar-refractivity contribution in [3.8, 4) is 0 Å². The molecule has 0 aliphatic carbocycles. The molecular weight excluding hydrogens is 262 g/mol. The molecular formula is C18H17NO2. The van der Waals surface area contributed by atoms with Crippen molar-refractivity contribution in [3.63, 3.8) is 0 Å². The molecule has 0 radical (unpaired) electrons. The second-order valence-corrected chi connectivity index (χ2v) is 5.05. The van der Waals surface area contributed by atoms with Gasteiger partial charge in [-0.15, -0.1) is 0 Å². The maximum Gasteiger partial charge on any atom is 0.340 e. The van der Waals surface area contributed by atoms with Crippen LogP contribution in [-0.2, 0) is 4.74 Å². The number of benzene rings is 2. The molecule has 3 aromatic rings. The predicted molar refractivity (Wildman–Crippen MR) is 83.5 cm³/mol. The van der Waals surface area contributed by atoms with E-state index in [1.807, 2.05) is 48.7 Å². The SMILES string of the molecule is COC(=O)c1cn(C(C)c2ccccc2)c2ccccc12. The smallest absolute Gasteiger partial charge is 0.340 e. The molecule has 0 fully saturated rings. The summed E-state index contributed by atoms with van der Waals surface area (Å²) >= 11 is 0. The molecule has 106 valence electrons. The van der Waals surface area contributed by atoms with E-state index in [-0.39, 0.29) is 12.0 Å². The van der Waals surface area contributed by atoms with Crippen molar-refractivity contribution in [3.05, 3.63) is 71.9 Å². The second-order valence-electron chi connectivity index (χ2n) is 5.05. The van der Waals surface area contributed by atoms with E-state index in [4.69, 9.17) is 4.74 Å². The highest BCUT2D eigenvalue weighted by Crippen LogP contribution is 2.28. The van der Waals surface area contributed by atoms with Gasteiger partial charge in [0.15, 0.2) is 0 Å². The summed E-state index contributed by atoms with van der Waals surface area (Å²) in [5.41, 5.74) is 2.85. The number of aromatic nitrogens is 1. The van der Waals surface area contributed by atoms with E-state index >= 15 is 0 Å². The van der Waals surface area contributed by atoms with Gasteiger partial charge in [0, 0.05) is 17.1 Å². The molecule has 21 heavy (non-hydrogen) atoms. The first-order valence-corrected chi connectivity index (χ1v) is 6.95. The standard InChI is InChI=1S/C18H17NO2/c1-13(14-8-4-3-5-9-14)19-12-16(18(20)21-2)15-10-6-7-11-17(15)19/h3-13H,1-2H3. The number of methoxy groups -OCH3 is 1. The van der Waals surface area contributed by atoms with E-state index in [0.29, 0.717) is 5.56 Å². The summed E-state index contributed by atoms with van der Waals surface area (Å²) in [6.45, 7) is 2.13. The van der Waals surface area contributed by atoms with E-state index in [2.05, 4.69) is 23.6 Å². The Kier molecular flexibility index (Phi) is 3.48. The maximum absolute atomic E-state index is 12.0. The lowest BCUT2D eigenvalue weighted by Crippen LogP contribution is -2.05. The highest BCUT2D eigenvalue weighted by Gasteiger charge is 2.18. The Morgan fingerprint density at radius 1 is 1.05 bits per heavy atom. The first kappa shape index (κ1) is 13.4. The van der Waals surface area contributed by atoms with Crippen LogP contribution in [0.1, 0.15) is 28.9 Å². The van der Waals surface area contributed by atoms with Gasteiger partial charge in [0.1, 0.15) is 0 Å². The fourth-order valence-corrected chi connectivity index (χ4v) is 2.69. The summed E-state index contributed by atoms with van der Waals surface area (Å²) in [7, 11) is 1.41. The zero-order valence-electron chi connectivity index (χ0n) is 12.1. The Morgan fingerprint density at radius 3 is 2.43 bits per heavy atom. The first-order valence-electron chi connectivity index (χ1n) is 6.95. The lowest BCUT2D eigenvalue weighted by Gasteiger charge is -2.15. The van der Waals surface area contributed by atoms with Gasteiger partial charge in [0.2, 0.25) is 0 Å². The predicted octanol–water partition coefficient (Wildman–Crippen LogP) is 4.04. The number of ether oxygens (including phenoxy) is 1. The van der Waals surface area contributed by atoms with Crippen molar-refractivity contribution in [1.29, 1.82) is 0 Å². The van der Waals surface area contributed by atoms with Gasteiger partial charge >= 0.3 is 5.97 Å². The highest BCUT2D eigenvalue weighted by atomic mass is 16.5. The fourth-order valence-electron chi connectivity index (χ4n) is 2.69. The topological polar surface area (TPSA) is 31.2 Å². The lowest BCUT2D eigenvalue weighted by atomic mass is 10.1. The van der Waals surface area contributed by atoms with Crippen molar-refractivity contribution < 1.29 is 9.53 Å². The number of esters is 1. The molecule has 0 aliphatic heterocycles. The monoisotopic (exact) mass is 279 g/mol. The molecule has 1 unspecified atom stereocenters. The molecule has 1 aromatic heterocycles. The molecule has 0 saturated carbocycles. The Hall–Kier alpha value is -2.55. The number of carbonyl (C=O) groups excluding carboxylic acids is 1. The molecule has 0 saturated heterocycles. The molecule has 1 atom stereocenters. The minimum absolute atomic E-state index is 0.148. The Morgan fingerprint density at radius 2 is 1.71 bits per heavy atom. The van der Waals surface area contributed by atoms with Gasteiger partial charge in [-0.05, 0) is 18.6 Å². The number of hydrogen-bond donors (Lipinski definition) is 0. The summed E-state index contributed by atoms with van der Waals surface area (Å²) in [5, 5.41) is 0.923. The molecule has 0 aliphatic rings. The van der Waals surface area contributed by atoms with Crippen LogP contribution in [0.15, 0.2) is 60.8 Å². The zero-order valence-corrected chi connectivity index (χ0v) is 12.1. The molecule has 0 bridgehead atoms. The van der Waals surface area contributed by atoms with E-state index in [1.54, 1.807) is 0 Å². The van der Waals surface area contributed by atoms with Crippen molar-refractivity contribution in [2.75, 3.05) is 7.11 Å². The van der Waals surface area contributed by atoms with Crippen LogP contribution in [0.5, 0.6) is 0 Å². The Labute approximate surface area is 123 Å². The van der Waals surface area contributed by atoms with Gasteiger partial charge in [0.25, 0.3) is 0 Å². The highest BCUT2D eigenvalue weighted by molar-refractivity contribution is 6.04. The average molecular weight is 279 g/mol. The van der Waals surface area contributed by atoms with E-state index in [1.165, 1.54) is 12.7 Å². The summed E-state index contributed by atoms with van der Waals surface area (Å²) in [6.07, 6.45) is 1.88. The number of nitrogens with zero attached hydrogens (tertiary/aromatic N) is 1. The van der Waals surface area contributed by atoms with Crippen LogP contribution in [0.4, 0.5) is 0 Å². The van der Waals surface area contributed by atoms with Crippen molar-refractivity contribution >= 4 is 16.9 Å². The second kappa shape index (κ2) is 5.44. The van der Waals surface area contributed by atoms with Crippen molar-refractivity contribution in [2.45, 2.75) is 13.0 Å². The van der Waals surface area contributed by atoms with Crippen LogP contribution < -0.4 is 0 Å². The molecule has 3 heteroatoms. The van der Waals surface area contributed by atoms with Crippen LogP contribution in [0.25, 0.3) is 10.9 Å². The van der Waals surface area contributed by atoms with Gasteiger partial charge in [-0.3, -0.25) is 0 Å². The Balaban J connectivity index is 2.17. The number of carbonyl (C=O) groups is 1. The number of rotatable bonds is 3. The average Bonchev–Trinajstić information content (AvgIpc) is 2.94. The zero-order chi connectivity index (χ0) is 14.8. The van der Waals surface area contributed by atoms with E-state index < -0.39 is 0 Å². The maximum atomic E-state index is 12.0. The molecule has 1 heterocycles. The van der Waals surface area contributed by atoms with Gasteiger partial charge < -0.3 is 9.30 Å². The van der Waals surface area contributed by atoms with Crippen molar-refractivity contribution in [2.24, 2.45) is 0 Å². The summed E-state index contributed by atoms with van der Waals surface area (Å²) in [5.74, 6) is -0.301.